The lowest BCUT2D eigenvalue weighted by Gasteiger charge is -2.42. The third kappa shape index (κ3) is 4.59. The second-order valence-electron chi connectivity index (χ2n) is 8.19. The highest BCUT2D eigenvalue weighted by Crippen LogP contribution is 2.23. The van der Waals surface area contributed by atoms with E-state index >= 15 is 0 Å². The van der Waals surface area contributed by atoms with Crippen LogP contribution in [0.4, 0.5) is 4.79 Å². The van der Waals surface area contributed by atoms with Crippen LogP contribution in [0.25, 0.3) is 0 Å². The quantitative estimate of drug-likeness (QED) is 0.726. The number of benzene rings is 1. The molecule has 3 rings (SSSR count). The summed E-state index contributed by atoms with van der Waals surface area (Å²) in [4.78, 5) is 37.9. The second kappa shape index (κ2) is 7.75. The second-order valence-corrected chi connectivity index (χ2v) is 9.96. The first-order valence-electron chi connectivity index (χ1n) is 9.36. The molecule has 0 spiro atoms. The molecule has 2 fully saturated rings. The van der Waals surface area contributed by atoms with Crippen molar-refractivity contribution in [2.75, 3.05) is 26.2 Å². The number of hydrogen-bond donors (Lipinski definition) is 1. The summed E-state index contributed by atoms with van der Waals surface area (Å²) in [7, 11) is -3.71. The monoisotopic (exact) mass is 423 g/mol. The Kier molecular flexibility index (Phi) is 5.68. The van der Waals surface area contributed by atoms with Crippen LogP contribution in [-0.4, -0.2) is 68.4 Å². The van der Waals surface area contributed by atoms with E-state index < -0.39 is 22.0 Å². The first-order valence-corrected chi connectivity index (χ1v) is 10.8. The molecule has 10 heteroatoms. The van der Waals surface area contributed by atoms with Crippen LogP contribution in [0.15, 0.2) is 29.2 Å². The van der Waals surface area contributed by atoms with E-state index in [1.165, 1.54) is 4.90 Å². The van der Waals surface area contributed by atoms with Crippen LogP contribution in [0.2, 0.25) is 0 Å². The molecule has 0 radical (unpaired) electrons. The van der Waals surface area contributed by atoms with Crippen molar-refractivity contribution in [1.29, 1.82) is 0 Å². The van der Waals surface area contributed by atoms with Gasteiger partial charge in [0.1, 0.15) is 0 Å². The van der Waals surface area contributed by atoms with Gasteiger partial charge in [0.2, 0.25) is 15.9 Å². The Morgan fingerprint density at radius 1 is 1.17 bits per heavy atom. The number of hydrogen-bond acceptors (Lipinski definition) is 6. The van der Waals surface area contributed by atoms with Gasteiger partial charge in [-0.25, -0.2) is 22.8 Å². The molecule has 2 aliphatic heterocycles. The highest BCUT2D eigenvalue weighted by molar-refractivity contribution is 7.89. The third-order valence-electron chi connectivity index (χ3n) is 5.03. The van der Waals surface area contributed by atoms with Gasteiger partial charge in [-0.15, -0.1) is 0 Å². The summed E-state index contributed by atoms with van der Waals surface area (Å²) < 4.78 is 31.9. The van der Waals surface area contributed by atoms with Gasteiger partial charge in [0.05, 0.1) is 10.9 Å². The van der Waals surface area contributed by atoms with E-state index in [1.54, 1.807) is 24.3 Å². The number of sulfonamides is 1. The van der Waals surface area contributed by atoms with E-state index in [-0.39, 0.29) is 54.9 Å². The molecule has 0 unspecified atom stereocenters. The van der Waals surface area contributed by atoms with Crippen molar-refractivity contribution in [2.45, 2.75) is 43.5 Å². The molecule has 0 aromatic heterocycles. The van der Waals surface area contributed by atoms with Gasteiger partial charge >= 0.3 is 6.09 Å². The fourth-order valence-electron chi connectivity index (χ4n) is 3.21. The molecule has 29 heavy (non-hydrogen) atoms. The number of carbonyl (C=O) groups is 3. The van der Waals surface area contributed by atoms with E-state index in [1.807, 2.05) is 20.8 Å². The zero-order chi connectivity index (χ0) is 21.4. The van der Waals surface area contributed by atoms with Crippen molar-refractivity contribution in [3.05, 3.63) is 29.8 Å². The van der Waals surface area contributed by atoms with Crippen molar-refractivity contribution in [3.63, 3.8) is 0 Å². The molecule has 158 valence electrons. The summed E-state index contributed by atoms with van der Waals surface area (Å²) in [5.41, 5.74) is 0.951. The van der Waals surface area contributed by atoms with Crippen molar-refractivity contribution in [2.24, 2.45) is 0 Å². The number of rotatable bonds is 6. The first kappa shape index (κ1) is 21.3. The average Bonchev–Trinajstić information content (AvgIpc) is 2.92. The lowest BCUT2D eigenvalue weighted by atomic mass is 9.87. The molecule has 0 bridgehead atoms. The highest BCUT2D eigenvalue weighted by Gasteiger charge is 2.44. The molecule has 9 nitrogen and oxygen atoms in total. The number of likely N-dealkylation sites (tertiary alicyclic amines) is 1. The van der Waals surface area contributed by atoms with E-state index in [9.17, 15) is 22.8 Å². The average molecular weight is 423 g/mol. The van der Waals surface area contributed by atoms with Gasteiger partial charge in [-0.3, -0.25) is 9.59 Å². The maximum atomic E-state index is 12.4. The minimum atomic E-state index is -3.71. The van der Waals surface area contributed by atoms with E-state index in [2.05, 4.69) is 9.46 Å². The number of cyclic esters (lactones) is 1. The summed E-state index contributed by atoms with van der Waals surface area (Å²) in [6.45, 7) is 6.31. The number of ether oxygens (including phenoxy) is 1. The largest absolute Gasteiger partial charge is 0.439 e. The van der Waals surface area contributed by atoms with Crippen molar-refractivity contribution in [3.8, 4) is 0 Å². The Balaban J connectivity index is 1.46. The van der Waals surface area contributed by atoms with Crippen LogP contribution in [0.3, 0.4) is 0 Å². The van der Waals surface area contributed by atoms with Gasteiger partial charge in [0.15, 0.2) is 6.61 Å². The van der Waals surface area contributed by atoms with Gasteiger partial charge in [-0.1, -0.05) is 32.9 Å². The SMILES string of the molecule is CC(C)(C)c1ccc(S(=O)(=O)NCCC(=O)N2CC(N3C(=O)COC3=O)C2)cc1. The lowest BCUT2D eigenvalue weighted by molar-refractivity contribution is -0.141. The van der Waals surface area contributed by atoms with Gasteiger partial charge in [-0.2, -0.15) is 0 Å². The molecule has 0 saturated carbocycles. The van der Waals surface area contributed by atoms with E-state index in [0.717, 1.165) is 10.5 Å². The number of nitrogens with zero attached hydrogens (tertiary/aromatic N) is 2. The minimum Gasteiger partial charge on any atom is -0.439 e. The standard InChI is InChI=1S/C19H25N3O6S/c1-19(2,3)13-4-6-15(7-5-13)29(26,27)20-9-8-16(23)21-10-14(11-21)22-17(24)12-28-18(22)25/h4-7,14,20H,8-12H2,1-3H3. The van der Waals surface area contributed by atoms with Crippen molar-refractivity contribution in [1.82, 2.24) is 14.5 Å². The summed E-state index contributed by atoms with van der Waals surface area (Å²) in [6, 6.07) is 6.29. The Labute approximate surface area is 170 Å². The first-order chi connectivity index (χ1) is 13.5. The molecule has 3 amide bonds. The van der Waals surface area contributed by atoms with Crippen LogP contribution < -0.4 is 4.72 Å². The summed E-state index contributed by atoms with van der Waals surface area (Å²) >= 11 is 0. The molecular formula is C19H25N3O6S. The highest BCUT2D eigenvalue weighted by atomic mass is 32.2. The molecule has 1 aromatic rings. The lowest BCUT2D eigenvalue weighted by Crippen LogP contribution is -2.62. The van der Waals surface area contributed by atoms with Crippen LogP contribution >= 0.6 is 0 Å². The Hall–Kier alpha value is -2.46. The van der Waals surface area contributed by atoms with Gasteiger partial charge in [0.25, 0.3) is 5.91 Å². The fraction of sp³-hybridized carbons (Fsp3) is 0.526. The molecule has 0 atom stereocenters. The molecule has 1 aromatic carbocycles. The van der Waals surface area contributed by atoms with Crippen molar-refractivity contribution >= 4 is 27.9 Å². The van der Waals surface area contributed by atoms with E-state index in [0.29, 0.717) is 0 Å². The zero-order valence-electron chi connectivity index (χ0n) is 16.7. The molecule has 2 aliphatic rings. The van der Waals surface area contributed by atoms with Crippen LogP contribution in [0.5, 0.6) is 0 Å². The molecule has 2 heterocycles. The van der Waals surface area contributed by atoms with Gasteiger partial charge in [-0.05, 0) is 23.1 Å². The van der Waals surface area contributed by atoms with Crippen LogP contribution in [-0.2, 0) is 29.8 Å². The molecule has 1 N–H and O–H groups in total. The normalized spacial score (nSPS) is 18.0. The molecule has 2 saturated heterocycles. The fourth-order valence-corrected chi connectivity index (χ4v) is 4.24. The van der Waals surface area contributed by atoms with Gasteiger partial charge in [0, 0.05) is 26.1 Å². The maximum absolute atomic E-state index is 12.4. The Morgan fingerprint density at radius 3 is 2.31 bits per heavy atom. The predicted molar refractivity (Wildman–Crippen MR) is 104 cm³/mol. The summed E-state index contributed by atoms with van der Waals surface area (Å²) in [6.07, 6.45) is -0.693. The minimum absolute atomic E-state index is 0.00951. The van der Waals surface area contributed by atoms with Gasteiger partial charge < -0.3 is 9.64 Å². The van der Waals surface area contributed by atoms with Crippen molar-refractivity contribution < 1.29 is 27.5 Å². The number of imide groups is 1. The maximum Gasteiger partial charge on any atom is 0.417 e. The third-order valence-corrected chi connectivity index (χ3v) is 6.50. The number of nitrogens with one attached hydrogen (secondary N) is 1. The van der Waals surface area contributed by atoms with Crippen LogP contribution in [0, 0.1) is 0 Å². The number of amides is 3. The summed E-state index contributed by atoms with van der Waals surface area (Å²) in [5, 5.41) is 0. The smallest absolute Gasteiger partial charge is 0.417 e. The van der Waals surface area contributed by atoms with E-state index in [4.69, 9.17) is 0 Å². The Bertz CT molecular complexity index is 898. The molecule has 0 aliphatic carbocycles. The number of carbonyl (C=O) groups excluding carboxylic acids is 3. The zero-order valence-corrected chi connectivity index (χ0v) is 17.5. The van der Waals surface area contributed by atoms with Crippen LogP contribution in [0.1, 0.15) is 32.8 Å². The predicted octanol–water partition coefficient (Wildman–Crippen LogP) is 0.842. The Morgan fingerprint density at radius 2 is 1.79 bits per heavy atom. The summed E-state index contributed by atoms with van der Waals surface area (Å²) in [5.74, 6) is -0.649. The topological polar surface area (TPSA) is 113 Å². The molecular weight excluding hydrogens is 398 g/mol.